The van der Waals surface area contributed by atoms with Crippen molar-refractivity contribution in [3.63, 3.8) is 0 Å². The fourth-order valence-corrected chi connectivity index (χ4v) is 6.58. The monoisotopic (exact) mass is 757 g/mol. The Labute approximate surface area is 322 Å². The molecule has 4 rings (SSSR count). The first-order valence-corrected chi connectivity index (χ1v) is 20.1. The van der Waals surface area contributed by atoms with Crippen LogP contribution in [0.15, 0.2) is 58.3 Å². The molecule has 0 aromatic heterocycles. The number of thioether (sulfide) groups is 2. The SMILES string of the molecule is C.CCOCC.CSc1ccc(C2(C=O)CCN(C(=O)OC(C)(C)C)CC2)cc1.[C-]#[N+]C1(c2ccc(SC)cc2)CCN(C(=O)OC(C)(C)C)CC1. The van der Waals surface area contributed by atoms with Gasteiger partial charge in [0.2, 0.25) is 0 Å². The van der Waals surface area contributed by atoms with E-state index in [0.29, 0.717) is 51.9 Å². The molecule has 2 amide bonds. The minimum absolute atomic E-state index is 0. The van der Waals surface area contributed by atoms with Crippen molar-refractivity contribution in [2.45, 2.75) is 120 Å². The van der Waals surface area contributed by atoms with Gasteiger partial charge in [-0.15, -0.1) is 23.5 Å². The zero-order valence-corrected chi connectivity index (χ0v) is 34.0. The summed E-state index contributed by atoms with van der Waals surface area (Å²) in [6, 6.07) is 16.4. The van der Waals surface area contributed by atoms with Crippen LogP contribution < -0.4 is 0 Å². The van der Waals surface area contributed by atoms with E-state index >= 15 is 0 Å². The number of ether oxygens (including phenoxy) is 3. The van der Waals surface area contributed by atoms with Crippen LogP contribution in [0.2, 0.25) is 0 Å². The van der Waals surface area contributed by atoms with Crippen molar-refractivity contribution in [1.82, 2.24) is 9.80 Å². The van der Waals surface area contributed by atoms with E-state index in [1.165, 1.54) is 9.79 Å². The minimum atomic E-state index is -0.518. The van der Waals surface area contributed by atoms with E-state index in [-0.39, 0.29) is 19.6 Å². The van der Waals surface area contributed by atoms with Crippen molar-refractivity contribution in [1.29, 1.82) is 0 Å². The average Bonchev–Trinajstić information content (AvgIpc) is 3.11. The number of carbonyl (C=O) groups excluding carboxylic acids is 3. The van der Waals surface area contributed by atoms with Crippen LogP contribution in [0.5, 0.6) is 0 Å². The van der Waals surface area contributed by atoms with Gasteiger partial charge in [-0.2, -0.15) is 0 Å². The van der Waals surface area contributed by atoms with E-state index in [2.05, 4.69) is 17.0 Å². The molecule has 9 nitrogen and oxygen atoms in total. The number of piperidine rings is 2. The normalized spacial score (nSPS) is 16.3. The Balaban J connectivity index is 0.000000452. The van der Waals surface area contributed by atoms with Crippen molar-refractivity contribution in [3.8, 4) is 0 Å². The summed E-state index contributed by atoms with van der Waals surface area (Å²) in [6.07, 6.45) is 7.10. The molecule has 11 heteroatoms. The molecule has 0 spiro atoms. The Hall–Kier alpha value is -3.20. The lowest BCUT2D eigenvalue weighted by atomic mass is 9.74. The van der Waals surface area contributed by atoms with Crippen molar-refractivity contribution in [2.24, 2.45) is 0 Å². The van der Waals surface area contributed by atoms with Crippen molar-refractivity contribution in [2.75, 3.05) is 51.9 Å². The molecule has 2 fully saturated rings. The van der Waals surface area contributed by atoms with Gasteiger partial charge in [0, 0.05) is 67.6 Å². The number of carbonyl (C=O) groups is 3. The minimum Gasteiger partial charge on any atom is -0.444 e. The molecule has 290 valence electrons. The molecule has 0 unspecified atom stereocenters. The predicted molar refractivity (Wildman–Crippen MR) is 215 cm³/mol. The lowest BCUT2D eigenvalue weighted by molar-refractivity contribution is -0.114. The first kappa shape index (κ1) is 46.8. The van der Waals surface area contributed by atoms with E-state index < -0.39 is 22.2 Å². The zero-order valence-electron chi connectivity index (χ0n) is 32.4. The molecule has 2 aromatic rings. The molecule has 0 saturated carbocycles. The molecular formula is C41H63N3O6S2. The molecule has 0 bridgehead atoms. The van der Waals surface area contributed by atoms with Gasteiger partial charge in [-0.25, -0.2) is 16.2 Å². The summed E-state index contributed by atoms with van der Waals surface area (Å²) >= 11 is 3.38. The molecule has 52 heavy (non-hydrogen) atoms. The van der Waals surface area contributed by atoms with Crippen LogP contribution >= 0.6 is 23.5 Å². The van der Waals surface area contributed by atoms with Crippen LogP contribution in [-0.4, -0.2) is 91.4 Å². The zero-order chi connectivity index (χ0) is 38.3. The van der Waals surface area contributed by atoms with Crippen LogP contribution in [0.25, 0.3) is 4.85 Å². The third kappa shape index (κ3) is 14.3. The highest BCUT2D eigenvalue weighted by Crippen LogP contribution is 2.38. The lowest BCUT2D eigenvalue weighted by Crippen LogP contribution is -2.47. The standard InChI is InChI=1S/C18H24N2O2S.C18H25NO3S.C4H10O.CH4/c1-17(2,3)22-16(21)20-12-10-18(19-4,11-13-20)14-6-8-15(23-5)9-7-14;1-17(2,3)22-16(21)19-11-9-18(13-20,10-12-19)14-5-7-15(23-4)8-6-14;1-3-5-4-2;/h6-9H,10-13H2,1-3,5H3;5-8,13H,9-12H2,1-4H3;3-4H2,1-2H3;1H4. The maximum absolute atomic E-state index is 12.2. The third-order valence-corrected chi connectivity index (χ3v) is 10.2. The summed E-state index contributed by atoms with van der Waals surface area (Å²) in [7, 11) is 0. The quantitative estimate of drug-likeness (QED) is 0.157. The van der Waals surface area contributed by atoms with Crippen LogP contribution in [0, 0.1) is 6.57 Å². The lowest BCUT2D eigenvalue weighted by Gasteiger charge is -2.39. The van der Waals surface area contributed by atoms with E-state index in [0.717, 1.165) is 30.6 Å². The van der Waals surface area contributed by atoms with Crippen molar-refractivity contribution in [3.05, 3.63) is 71.1 Å². The Morgan fingerprint density at radius 2 is 1.10 bits per heavy atom. The van der Waals surface area contributed by atoms with E-state index in [1.54, 1.807) is 33.3 Å². The highest BCUT2D eigenvalue weighted by atomic mass is 32.2. The molecule has 2 aliphatic rings. The number of aldehydes is 1. The summed E-state index contributed by atoms with van der Waals surface area (Å²) in [6.45, 7) is 26.7. The van der Waals surface area contributed by atoms with Gasteiger partial charge in [0.15, 0.2) is 0 Å². The van der Waals surface area contributed by atoms with Gasteiger partial charge in [0.25, 0.3) is 5.54 Å². The molecule has 2 saturated heterocycles. The largest absolute Gasteiger partial charge is 0.444 e. The number of nitrogens with zero attached hydrogens (tertiary/aromatic N) is 3. The Morgan fingerprint density at radius 3 is 1.38 bits per heavy atom. The smallest absolute Gasteiger partial charge is 0.410 e. The summed E-state index contributed by atoms with van der Waals surface area (Å²) in [5.41, 5.74) is 0.0942. The molecule has 0 aliphatic carbocycles. The number of likely N-dealkylation sites (tertiary alicyclic amines) is 2. The molecule has 0 N–H and O–H groups in total. The van der Waals surface area contributed by atoms with Crippen LogP contribution in [0.4, 0.5) is 9.59 Å². The van der Waals surface area contributed by atoms with E-state index in [9.17, 15) is 14.4 Å². The highest BCUT2D eigenvalue weighted by Gasteiger charge is 2.44. The fourth-order valence-electron chi connectivity index (χ4n) is 5.77. The molecular weight excluding hydrogens is 695 g/mol. The summed E-state index contributed by atoms with van der Waals surface area (Å²) < 4.78 is 15.7. The van der Waals surface area contributed by atoms with Gasteiger partial charge in [-0.05, 0) is 123 Å². The van der Waals surface area contributed by atoms with E-state index in [4.69, 9.17) is 20.8 Å². The molecule has 2 heterocycles. The number of hydrogen-bond acceptors (Lipinski definition) is 8. The maximum Gasteiger partial charge on any atom is 0.410 e. The molecule has 0 atom stereocenters. The summed E-state index contributed by atoms with van der Waals surface area (Å²) in [4.78, 5) is 45.8. The van der Waals surface area contributed by atoms with Gasteiger partial charge in [0.05, 0.1) is 5.41 Å². The number of hydrogen-bond donors (Lipinski definition) is 0. The number of amides is 2. The fraction of sp³-hybridized carbons (Fsp3) is 0.610. The average molecular weight is 758 g/mol. The van der Waals surface area contributed by atoms with Crippen LogP contribution in [-0.2, 0) is 30.0 Å². The molecule has 0 radical (unpaired) electrons. The van der Waals surface area contributed by atoms with Gasteiger partial charge in [0.1, 0.15) is 17.5 Å². The Morgan fingerprint density at radius 1 is 0.731 bits per heavy atom. The highest BCUT2D eigenvalue weighted by molar-refractivity contribution is 7.98. The van der Waals surface area contributed by atoms with Gasteiger partial charge < -0.3 is 33.6 Å². The number of benzene rings is 2. The second kappa shape index (κ2) is 21.5. The van der Waals surface area contributed by atoms with Crippen molar-refractivity contribution < 1.29 is 28.6 Å². The van der Waals surface area contributed by atoms with Gasteiger partial charge in [-0.3, -0.25) is 0 Å². The first-order chi connectivity index (χ1) is 24.0. The number of rotatable bonds is 7. The topological polar surface area (TPSA) is 89.7 Å². The predicted octanol–water partition coefficient (Wildman–Crippen LogP) is 10.1. The van der Waals surface area contributed by atoms with Crippen LogP contribution in [0.1, 0.15) is 99.6 Å². The van der Waals surface area contributed by atoms with Gasteiger partial charge in [-0.1, -0.05) is 19.6 Å². The second-order valence-electron chi connectivity index (χ2n) is 14.6. The third-order valence-electron chi connectivity index (χ3n) is 8.69. The van der Waals surface area contributed by atoms with E-state index in [1.807, 2.05) is 104 Å². The maximum atomic E-state index is 12.2. The molecule has 2 aromatic carbocycles. The summed E-state index contributed by atoms with van der Waals surface area (Å²) in [5.74, 6) is 0. The Bertz CT molecular complexity index is 1410. The second-order valence-corrected chi connectivity index (χ2v) is 16.3. The first-order valence-electron chi connectivity index (χ1n) is 17.7. The van der Waals surface area contributed by atoms with Crippen LogP contribution in [0.3, 0.4) is 0 Å². The summed E-state index contributed by atoms with van der Waals surface area (Å²) in [5, 5.41) is 0. The molecule has 2 aliphatic heterocycles. The van der Waals surface area contributed by atoms with Crippen molar-refractivity contribution >= 4 is 42.0 Å². The Kier molecular flexibility index (Phi) is 19.3. The van der Waals surface area contributed by atoms with Gasteiger partial charge >= 0.3 is 12.2 Å².